The van der Waals surface area contributed by atoms with Gasteiger partial charge in [-0.2, -0.15) is 0 Å². The van der Waals surface area contributed by atoms with E-state index in [1.54, 1.807) is 17.9 Å². The van der Waals surface area contributed by atoms with E-state index in [1.807, 2.05) is 0 Å². The van der Waals surface area contributed by atoms with Crippen LogP contribution in [0.4, 0.5) is 24.5 Å². The molecule has 1 saturated heterocycles. The monoisotopic (exact) mass is 477 g/mol. The smallest absolute Gasteiger partial charge is 0.182 e. The van der Waals surface area contributed by atoms with Gasteiger partial charge in [0.15, 0.2) is 11.6 Å². The predicted octanol–water partition coefficient (Wildman–Crippen LogP) is 4.90. The van der Waals surface area contributed by atoms with E-state index < -0.39 is 29.3 Å². The van der Waals surface area contributed by atoms with Crippen molar-refractivity contribution in [1.29, 1.82) is 0 Å². The normalized spacial score (nSPS) is 20.3. The van der Waals surface area contributed by atoms with Crippen molar-refractivity contribution in [3.05, 3.63) is 58.9 Å². The summed E-state index contributed by atoms with van der Waals surface area (Å²) in [6, 6.07) is 6.98. The van der Waals surface area contributed by atoms with Crippen LogP contribution in [0.1, 0.15) is 62.3 Å². The molecule has 1 aliphatic carbocycles. The number of β-amino-alcohol motifs (C(OH)–C–C–N with tert-alkyl or cyclic N) is 1. The van der Waals surface area contributed by atoms with Gasteiger partial charge in [-0.15, -0.1) is 0 Å². The first-order valence-electron chi connectivity index (χ1n) is 12.1. The lowest BCUT2D eigenvalue weighted by Gasteiger charge is -2.49. The van der Waals surface area contributed by atoms with Crippen LogP contribution in [0.3, 0.4) is 0 Å². The molecule has 0 bridgehead atoms. The van der Waals surface area contributed by atoms with Gasteiger partial charge in [0.05, 0.1) is 11.4 Å². The van der Waals surface area contributed by atoms with Gasteiger partial charge in [0.25, 0.3) is 0 Å². The highest BCUT2D eigenvalue weighted by Gasteiger charge is 2.44. The molecule has 4 N–H and O–H groups in total. The topological polar surface area (TPSA) is 67.8 Å². The zero-order valence-electron chi connectivity index (χ0n) is 19.6. The SMILES string of the molecule is Cc1ccc(Nc2c(C(O)N3CC(O)(CNC4CCCCCCC4)C3)ccc(F)c2F)c(F)c1. The highest BCUT2D eigenvalue weighted by atomic mass is 19.2. The zero-order chi connectivity index (χ0) is 24.3. The maximum atomic E-state index is 14.7. The minimum atomic E-state index is -1.28. The number of aliphatic hydroxyl groups excluding tert-OH is 1. The number of rotatable bonds is 7. The number of aryl methyl sites for hydroxylation is 1. The molecule has 2 fully saturated rings. The minimum absolute atomic E-state index is 0.0212. The fourth-order valence-electron chi connectivity index (χ4n) is 4.95. The molecule has 1 atom stereocenters. The van der Waals surface area contributed by atoms with Crippen LogP contribution in [0.25, 0.3) is 0 Å². The number of nitrogens with one attached hydrogen (secondary N) is 2. The summed E-state index contributed by atoms with van der Waals surface area (Å²) in [6.45, 7) is 2.51. The zero-order valence-corrected chi connectivity index (χ0v) is 19.6. The van der Waals surface area contributed by atoms with Crippen molar-refractivity contribution in [2.75, 3.05) is 25.0 Å². The fourth-order valence-corrected chi connectivity index (χ4v) is 4.95. The Hall–Kier alpha value is -2.13. The second-order valence-electron chi connectivity index (χ2n) is 9.86. The van der Waals surface area contributed by atoms with Crippen LogP contribution in [0, 0.1) is 24.4 Å². The molecule has 8 heteroatoms. The molecule has 1 aliphatic heterocycles. The first-order chi connectivity index (χ1) is 16.3. The molecule has 2 aromatic rings. The third-order valence-electron chi connectivity index (χ3n) is 6.96. The molecule has 0 radical (unpaired) electrons. The summed E-state index contributed by atoms with van der Waals surface area (Å²) in [6.07, 6.45) is 7.08. The Morgan fingerprint density at radius 3 is 2.35 bits per heavy atom. The summed E-state index contributed by atoms with van der Waals surface area (Å²) in [4.78, 5) is 1.59. The van der Waals surface area contributed by atoms with Crippen LogP contribution >= 0.6 is 0 Å². The predicted molar refractivity (Wildman–Crippen MR) is 126 cm³/mol. The van der Waals surface area contributed by atoms with Gasteiger partial charge < -0.3 is 20.8 Å². The lowest BCUT2D eigenvalue weighted by molar-refractivity contribution is -0.160. The van der Waals surface area contributed by atoms with Gasteiger partial charge in [0.2, 0.25) is 0 Å². The first-order valence-corrected chi connectivity index (χ1v) is 12.1. The van der Waals surface area contributed by atoms with Crippen LogP contribution in [-0.2, 0) is 0 Å². The lowest BCUT2D eigenvalue weighted by Crippen LogP contribution is -2.67. The van der Waals surface area contributed by atoms with Crippen LogP contribution in [0.15, 0.2) is 30.3 Å². The molecular formula is C26H34F3N3O2. The van der Waals surface area contributed by atoms with Crippen LogP contribution in [0.5, 0.6) is 0 Å². The lowest BCUT2D eigenvalue weighted by atomic mass is 9.90. The van der Waals surface area contributed by atoms with E-state index in [0.29, 0.717) is 18.2 Å². The third-order valence-corrected chi connectivity index (χ3v) is 6.96. The summed E-state index contributed by atoms with van der Waals surface area (Å²) >= 11 is 0. The maximum absolute atomic E-state index is 14.7. The van der Waals surface area contributed by atoms with Crippen LogP contribution in [-0.4, -0.2) is 46.4 Å². The van der Waals surface area contributed by atoms with Crippen LogP contribution in [0.2, 0.25) is 0 Å². The molecule has 2 aromatic carbocycles. The van der Waals surface area contributed by atoms with Gasteiger partial charge in [-0.1, -0.05) is 38.2 Å². The molecule has 1 saturated carbocycles. The standard InChI is InChI=1S/C26H34F3N3O2/c1-17-9-12-22(21(28)13-17)31-24-19(10-11-20(27)23(24)29)25(33)32-15-26(34,16-32)14-30-18-7-5-3-2-4-6-8-18/h9-13,18,25,30-31,33-34H,2-8,14-16H2,1H3. The van der Waals surface area contributed by atoms with E-state index in [4.69, 9.17) is 0 Å². The Kier molecular flexibility index (Phi) is 7.82. The molecule has 34 heavy (non-hydrogen) atoms. The molecule has 1 unspecified atom stereocenters. The number of nitrogens with zero attached hydrogens (tertiary/aromatic N) is 1. The second-order valence-corrected chi connectivity index (χ2v) is 9.86. The van der Waals surface area contributed by atoms with Crippen molar-refractivity contribution in [3.8, 4) is 0 Å². The van der Waals surface area contributed by atoms with Crippen molar-refractivity contribution in [2.24, 2.45) is 0 Å². The molecule has 0 spiro atoms. The second kappa shape index (κ2) is 10.6. The number of hydrogen-bond donors (Lipinski definition) is 4. The highest BCUT2D eigenvalue weighted by Crippen LogP contribution is 2.36. The van der Waals surface area contributed by atoms with Crippen molar-refractivity contribution in [2.45, 2.75) is 69.7 Å². The summed E-state index contributed by atoms with van der Waals surface area (Å²) < 4.78 is 43.0. The number of likely N-dealkylation sites (tertiary alicyclic amines) is 1. The van der Waals surface area contributed by atoms with E-state index in [2.05, 4.69) is 10.6 Å². The van der Waals surface area contributed by atoms with E-state index in [1.165, 1.54) is 50.3 Å². The van der Waals surface area contributed by atoms with Gasteiger partial charge in [0.1, 0.15) is 17.6 Å². The number of halogens is 3. The van der Waals surface area contributed by atoms with E-state index in [0.717, 1.165) is 18.9 Å². The number of hydrogen-bond acceptors (Lipinski definition) is 5. The molecule has 0 aromatic heterocycles. The average Bonchev–Trinajstić information content (AvgIpc) is 2.75. The van der Waals surface area contributed by atoms with Gasteiger partial charge in [-0.3, -0.25) is 4.90 Å². The van der Waals surface area contributed by atoms with Crippen LogP contribution < -0.4 is 10.6 Å². The van der Waals surface area contributed by atoms with Crippen molar-refractivity contribution in [3.63, 3.8) is 0 Å². The third kappa shape index (κ3) is 5.74. The molecular weight excluding hydrogens is 443 g/mol. The minimum Gasteiger partial charge on any atom is -0.386 e. The van der Waals surface area contributed by atoms with E-state index in [-0.39, 0.29) is 30.0 Å². The molecule has 0 amide bonds. The van der Waals surface area contributed by atoms with Gasteiger partial charge in [-0.25, -0.2) is 13.2 Å². The largest absolute Gasteiger partial charge is 0.386 e. The van der Waals surface area contributed by atoms with E-state index in [9.17, 15) is 23.4 Å². The summed E-state index contributed by atoms with van der Waals surface area (Å²) in [5, 5.41) is 27.9. The molecule has 5 nitrogen and oxygen atoms in total. The van der Waals surface area contributed by atoms with Crippen molar-refractivity contribution in [1.82, 2.24) is 10.2 Å². The Morgan fingerprint density at radius 2 is 1.68 bits per heavy atom. The molecule has 186 valence electrons. The first kappa shape index (κ1) is 25.0. The van der Waals surface area contributed by atoms with Gasteiger partial charge >= 0.3 is 0 Å². The molecule has 4 rings (SSSR count). The van der Waals surface area contributed by atoms with Crippen molar-refractivity contribution >= 4 is 11.4 Å². The maximum Gasteiger partial charge on any atom is 0.182 e. The number of aliphatic hydroxyl groups is 2. The number of benzene rings is 2. The molecule has 2 aliphatic rings. The Morgan fingerprint density at radius 1 is 1.00 bits per heavy atom. The quantitative estimate of drug-likeness (QED) is 0.457. The van der Waals surface area contributed by atoms with Gasteiger partial charge in [0, 0.05) is 31.2 Å². The summed E-state index contributed by atoms with van der Waals surface area (Å²) in [5.41, 5.74) is -0.575. The Bertz CT molecular complexity index is 989. The van der Waals surface area contributed by atoms with Gasteiger partial charge in [-0.05, 0) is 49.6 Å². The molecule has 1 heterocycles. The van der Waals surface area contributed by atoms with Crippen molar-refractivity contribution < 1.29 is 23.4 Å². The number of anilines is 2. The average molecular weight is 478 g/mol. The summed E-state index contributed by atoms with van der Waals surface area (Å²) in [5.74, 6) is -2.91. The Labute approximate surface area is 199 Å². The van der Waals surface area contributed by atoms with E-state index >= 15 is 0 Å². The summed E-state index contributed by atoms with van der Waals surface area (Å²) in [7, 11) is 0. The Balaban J connectivity index is 1.42. The highest BCUT2D eigenvalue weighted by molar-refractivity contribution is 5.65. The fraction of sp³-hybridized carbons (Fsp3) is 0.538.